The average molecular weight is 188 g/mol. The number of aliphatic hydroxyl groups excluding tert-OH is 1. The third kappa shape index (κ3) is 8.36. The summed E-state index contributed by atoms with van der Waals surface area (Å²) in [6.07, 6.45) is 2.27. The van der Waals surface area contributed by atoms with Gasteiger partial charge in [-0.05, 0) is 6.42 Å². The Morgan fingerprint density at radius 3 is 2.50 bits per heavy atom. The summed E-state index contributed by atoms with van der Waals surface area (Å²) in [6, 6.07) is -0.200. The molecule has 0 aromatic rings. The van der Waals surface area contributed by atoms with Crippen LogP contribution in [0.4, 0.5) is 0 Å². The molecule has 1 unspecified atom stereocenters. The molecule has 0 amide bonds. The molecule has 0 aromatic heterocycles. The number of aliphatic hydroxyl groups is 1. The number of hydrogen-bond acceptors (Lipinski definition) is 3. The number of hydrogen-bond donors (Lipinski definition) is 2. The third-order valence-electron chi connectivity index (χ3n) is 1.01. The zero-order valence-electron chi connectivity index (χ0n) is 5.95. The van der Waals surface area contributed by atoms with Crippen LogP contribution in [0, 0.1) is 0 Å². The fourth-order valence-corrected chi connectivity index (χ4v) is 1.04. The predicted molar refractivity (Wildman–Crippen MR) is 45.9 cm³/mol. The van der Waals surface area contributed by atoms with Gasteiger partial charge in [0.05, 0.1) is 6.61 Å². The van der Waals surface area contributed by atoms with E-state index in [-0.39, 0.29) is 25.1 Å². The van der Waals surface area contributed by atoms with Crippen molar-refractivity contribution < 1.29 is 9.32 Å². The van der Waals surface area contributed by atoms with E-state index in [1.165, 1.54) is 0 Å². The van der Waals surface area contributed by atoms with Gasteiger partial charge in [0.25, 0.3) is 0 Å². The van der Waals surface area contributed by atoms with E-state index in [9.17, 15) is 4.21 Å². The van der Waals surface area contributed by atoms with Crippen molar-refractivity contribution in [1.29, 1.82) is 0 Å². The van der Waals surface area contributed by atoms with Gasteiger partial charge in [-0.2, -0.15) is 0 Å². The largest absolute Gasteiger partial charge is 0.395 e. The van der Waals surface area contributed by atoms with E-state index >= 15 is 0 Å². The van der Waals surface area contributed by atoms with Crippen LogP contribution in [0.1, 0.15) is 6.42 Å². The van der Waals surface area contributed by atoms with Crippen LogP contribution in [0.15, 0.2) is 0 Å². The molecule has 0 aliphatic heterocycles. The fraction of sp³-hybridized carbons (Fsp3) is 1.00. The van der Waals surface area contributed by atoms with Crippen molar-refractivity contribution in [2.45, 2.75) is 12.5 Å². The number of halogens is 1. The Labute approximate surface area is 69.9 Å². The maximum absolute atomic E-state index is 10.4. The molecule has 0 saturated heterocycles. The highest BCUT2D eigenvalue weighted by Gasteiger charge is 1.99. The van der Waals surface area contributed by atoms with Gasteiger partial charge >= 0.3 is 0 Å². The van der Waals surface area contributed by atoms with Crippen LogP contribution in [0.5, 0.6) is 0 Å². The first-order chi connectivity index (χ1) is 4.16. The van der Waals surface area contributed by atoms with Crippen LogP contribution < -0.4 is 5.73 Å². The van der Waals surface area contributed by atoms with Crippen molar-refractivity contribution in [3.8, 4) is 0 Å². The molecular formula is C5H14ClNO2S. The normalized spacial score (nSPS) is 15.5. The maximum Gasteiger partial charge on any atom is 0.0582 e. The van der Waals surface area contributed by atoms with Gasteiger partial charge in [0.2, 0.25) is 0 Å². The van der Waals surface area contributed by atoms with E-state index in [4.69, 9.17) is 10.8 Å². The lowest BCUT2D eigenvalue weighted by atomic mass is 10.3. The Morgan fingerprint density at radius 1 is 1.70 bits per heavy atom. The monoisotopic (exact) mass is 187 g/mol. The molecule has 0 aliphatic rings. The first-order valence-electron chi connectivity index (χ1n) is 2.83. The quantitative estimate of drug-likeness (QED) is 0.624. The van der Waals surface area contributed by atoms with Gasteiger partial charge in [-0.1, -0.05) is 0 Å². The molecule has 64 valence electrons. The topological polar surface area (TPSA) is 63.3 Å². The van der Waals surface area contributed by atoms with Crippen LogP contribution in [0.2, 0.25) is 0 Å². The van der Waals surface area contributed by atoms with Crippen molar-refractivity contribution in [1.82, 2.24) is 0 Å². The molecule has 5 heteroatoms. The second-order valence-corrected chi connectivity index (χ2v) is 3.56. The zero-order chi connectivity index (χ0) is 7.28. The summed E-state index contributed by atoms with van der Waals surface area (Å²) >= 11 is 0. The van der Waals surface area contributed by atoms with E-state index in [2.05, 4.69) is 0 Å². The van der Waals surface area contributed by atoms with E-state index in [0.717, 1.165) is 0 Å². The van der Waals surface area contributed by atoms with E-state index in [1.807, 2.05) is 0 Å². The standard InChI is InChI=1S/C5H13NO2S.ClH/c1-9(8)3-2-5(6)4-7;/h5,7H,2-4,6H2,1H3;1H/t5-,9?;/m0./s1. The molecule has 0 radical (unpaired) electrons. The second kappa shape index (κ2) is 7.47. The summed E-state index contributed by atoms with van der Waals surface area (Å²) in [5.41, 5.74) is 5.34. The van der Waals surface area contributed by atoms with Gasteiger partial charge in [0, 0.05) is 28.9 Å². The first kappa shape index (κ1) is 13.0. The maximum atomic E-state index is 10.4. The average Bonchev–Trinajstić information content (AvgIpc) is 1.83. The SMILES string of the molecule is CS(=O)CC[C@H](N)CO.Cl. The smallest absolute Gasteiger partial charge is 0.0582 e. The lowest BCUT2D eigenvalue weighted by Gasteiger charge is -2.04. The Balaban J connectivity index is 0. The van der Waals surface area contributed by atoms with Crippen molar-refractivity contribution >= 4 is 23.2 Å². The highest BCUT2D eigenvalue weighted by Crippen LogP contribution is 1.87. The van der Waals surface area contributed by atoms with Crippen LogP contribution in [-0.2, 0) is 10.8 Å². The van der Waals surface area contributed by atoms with Gasteiger partial charge in [0.15, 0.2) is 0 Å². The molecule has 0 aromatic carbocycles. The van der Waals surface area contributed by atoms with Crippen molar-refractivity contribution in [2.24, 2.45) is 5.73 Å². The van der Waals surface area contributed by atoms with Gasteiger partial charge in [-0.15, -0.1) is 12.4 Å². The summed E-state index contributed by atoms with van der Waals surface area (Å²) in [6.45, 7) is -0.0167. The predicted octanol–water partition coefficient (Wildman–Crippen LogP) is -0.504. The molecule has 0 saturated carbocycles. The third-order valence-corrected chi connectivity index (χ3v) is 1.82. The first-order valence-corrected chi connectivity index (χ1v) is 4.56. The molecular weight excluding hydrogens is 174 g/mol. The lowest BCUT2D eigenvalue weighted by molar-refractivity contribution is 0.263. The molecule has 0 aliphatic carbocycles. The molecule has 2 atom stereocenters. The summed E-state index contributed by atoms with van der Waals surface area (Å²) in [7, 11) is -0.779. The molecule has 0 heterocycles. The highest BCUT2D eigenvalue weighted by molar-refractivity contribution is 7.84. The summed E-state index contributed by atoms with van der Waals surface area (Å²) in [5, 5.41) is 8.42. The van der Waals surface area contributed by atoms with Gasteiger partial charge < -0.3 is 10.8 Å². The molecule has 10 heavy (non-hydrogen) atoms. The molecule has 0 bridgehead atoms. The Kier molecular flexibility index (Phi) is 9.70. The minimum Gasteiger partial charge on any atom is -0.395 e. The van der Waals surface area contributed by atoms with E-state index in [0.29, 0.717) is 12.2 Å². The van der Waals surface area contributed by atoms with Gasteiger partial charge in [0.1, 0.15) is 0 Å². The summed E-state index contributed by atoms with van der Waals surface area (Å²) in [4.78, 5) is 0. The lowest BCUT2D eigenvalue weighted by Crippen LogP contribution is -2.26. The van der Waals surface area contributed by atoms with Gasteiger partial charge in [-0.25, -0.2) is 0 Å². The van der Waals surface area contributed by atoms with Crippen LogP contribution in [0.3, 0.4) is 0 Å². The van der Waals surface area contributed by atoms with Crippen LogP contribution >= 0.6 is 12.4 Å². The van der Waals surface area contributed by atoms with Crippen molar-refractivity contribution in [3.63, 3.8) is 0 Å². The number of rotatable bonds is 4. The van der Waals surface area contributed by atoms with E-state index in [1.54, 1.807) is 6.26 Å². The van der Waals surface area contributed by atoms with Crippen molar-refractivity contribution in [2.75, 3.05) is 18.6 Å². The van der Waals surface area contributed by atoms with Crippen LogP contribution in [0.25, 0.3) is 0 Å². The van der Waals surface area contributed by atoms with E-state index < -0.39 is 10.8 Å². The molecule has 0 spiro atoms. The van der Waals surface area contributed by atoms with Gasteiger partial charge in [-0.3, -0.25) is 4.21 Å². The summed E-state index contributed by atoms with van der Waals surface area (Å²) < 4.78 is 10.4. The Hall–Kier alpha value is 0.360. The Bertz CT molecular complexity index is 102. The Morgan fingerprint density at radius 2 is 2.20 bits per heavy atom. The zero-order valence-corrected chi connectivity index (χ0v) is 7.58. The molecule has 3 N–H and O–H groups in total. The number of nitrogens with two attached hydrogens (primary N) is 1. The summed E-state index contributed by atoms with van der Waals surface area (Å²) in [5.74, 6) is 0.585. The van der Waals surface area contributed by atoms with Crippen LogP contribution in [-0.4, -0.2) is 34.0 Å². The molecule has 0 rings (SSSR count). The molecule has 3 nitrogen and oxygen atoms in total. The minimum atomic E-state index is -0.779. The fourth-order valence-electron chi connectivity index (χ4n) is 0.409. The molecule has 0 fully saturated rings. The highest BCUT2D eigenvalue weighted by atomic mass is 35.5. The minimum absolute atomic E-state index is 0. The van der Waals surface area contributed by atoms with Crippen molar-refractivity contribution in [3.05, 3.63) is 0 Å². The second-order valence-electron chi connectivity index (χ2n) is 2.01.